The molecule has 0 aromatic heterocycles. The number of allylic oxidation sites excluding steroid dienone is 1. The maximum Gasteiger partial charge on any atom is 0.165 e. The van der Waals surface area contributed by atoms with Gasteiger partial charge in [0.05, 0.1) is 19.2 Å². The van der Waals surface area contributed by atoms with E-state index in [1.165, 1.54) is 11.3 Å². The molecule has 0 aromatic carbocycles. The molecule has 0 unspecified atom stereocenters. The van der Waals surface area contributed by atoms with Crippen molar-refractivity contribution in [2.75, 3.05) is 46.4 Å². The number of hydrogen-bond acceptors (Lipinski definition) is 11. The van der Waals surface area contributed by atoms with Gasteiger partial charge in [-0.3, -0.25) is 10.1 Å². The van der Waals surface area contributed by atoms with Crippen LogP contribution in [0.3, 0.4) is 0 Å². The molecule has 11 heteroatoms. The Labute approximate surface area is 159 Å². The highest BCUT2D eigenvalue weighted by atomic mass is 17.3. The molecule has 11 nitrogen and oxygen atoms in total. The number of nitrogens with zero attached hydrogens (tertiary/aromatic N) is 3. The molecule has 2 N–H and O–H groups in total. The second-order valence-corrected chi connectivity index (χ2v) is 4.60. The average Bonchev–Trinajstić information content (AvgIpc) is 2.69. The van der Waals surface area contributed by atoms with Gasteiger partial charge >= 0.3 is 0 Å². The van der Waals surface area contributed by atoms with Crippen molar-refractivity contribution in [1.82, 2.24) is 15.0 Å². The largest absolute Gasteiger partial charge is 0.512 e. The van der Waals surface area contributed by atoms with Gasteiger partial charge in [0.25, 0.3) is 0 Å². The number of aliphatic hydroxyl groups is 1. The molecule has 1 aliphatic heterocycles. The van der Waals surface area contributed by atoms with Crippen LogP contribution in [0, 0.1) is 0 Å². The summed E-state index contributed by atoms with van der Waals surface area (Å²) >= 11 is 0. The van der Waals surface area contributed by atoms with E-state index in [1.807, 2.05) is 11.8 Å². The van der Waals surface area contributed by atoms with E-state index in [1.54, 1.807) is 23.6 Å². The minimum atomic E-state index is 0.0718. The van der Waals surface area contributed by atoms with E-state index in [9.17, 15) is 0 Å². The first kappa shape index (κ1) is 24.7. The van der Waals surface area contributed by atoms with Crippen LogP contribution in [0.5, 0.6) is 0 Å². The monoisotopic (exact) mass is 391 g/mol. The Bertz CT molecular complexity index is 422. The number of aliphatic hydroxyl groups excluding tert-OH is 1. The summed E-state index contributed by atoms with van der Waals surface area (Å²) in [5.74, 6) is 0. The van der Waals surface area contributed by atoms with E-state index in [0.717, 1.165) is 6.26 Å². The van der Waals surface area contributed by atoms with Crippen molar-refractivity contribution in [1.29, 1.82) is 0 Å². The minimum Gasteiger partial charge on any atom is -0.512 e. The predicted molar refractivity (Wildman–Crippen MR) is 95.7 cm³/mol. The maximum absolute atomic E-state index is 8.55. The molecule has 1 saturated heterocycles. The summed E-state index contributed by atoms with van der Waals surface area (Å²) in [6.45, 7) is 10.0. The Morgan fingerprint density at radius 2 is 1.63 bits per heavy atom. The van der Waals surface area contributed by atoms with Crippen LogP contribution in [-0.4, -0.2) is 71.8 Å². The summed E-state index contributed by atoms with van der Waals surface area (Å²) in [5, 5.41) is 19.8. The molecule has 156 valence electrons. The fourth-order valence-corrected chi connectivity index (χ4v) is 1.71. The van der Waals surface area contributed by atoms with Crippen molar-refractivity contribution in [3.63, 3.8) is 0 Å². The zero-order valence-electron chi connectivity index (χ0n) is 15.5. The van der Waals surface area contributed by atoms with Gasteiger partial charge in [0.15, 0.2) is 6.26 Å². The Kier molecular flexibility index (Phi) is 16.9. The van der Waals surface area contributed by atoms with Crippen LogP contribution in [0.2, 0.25) is 0 Å². The van der Waals surface area contributed by atoms with Crippen LogP contribution in [0.15, 0.2) is 50.5 Å². The van der Waals surface area contributed by atoms with Gasteiger partial charge < -0.3 is 24.4 Å². The third-order valence-electron chi connectivity index (χ3n) is 2.63. The molecule has 27 heavy (non-hydrogen) atoms. The smallest absolute Gasteiger partial charge is 0.165 e. The molecule has 1 fully saturated rings. The van der Waals surface area contributed by atoms with E-state index in [2.05, 4.69) is 22.9 Å². The SMILES string of the molecule is C/C=C\OCCON1CN(/C=C/OCCOO)CN(OO/C=C/O)C1.C=C. The van der Waals surface area contributed by atoms with Gasteiger partial charge in [0, 0.05) is 6.20 Å². The Morgan fingerprint density at radius 3 is 2.33 bits per heavy atom. The topological polar surface area (TPSA) is 106 Å². The van der Waals surface area contributed by atoms with E-state index < -0.39 is 0 Å². The first-order chi connectivity index (χ1) is 13.3. The zero-order chi connectivity index (χ0) is 20.2. The molecule has 0 radical (unpaired) electrons. The molecule has 0 saturated carbocycles. The number of hydroxylamine groups is 4. The molecule has 0 atom stereocenters. The summed E-state index contributed by atoms with van der Waals surface area (Å²) in [4.78, 5) is 21.0. The molecule has 1 aliphatic rings. The van der Waals surface area contributed by atoms with Gasteiger partial charge in [-0.15, -0.1) is 18.2 Å². The molecule has 1 heterocycles. The zero-order valence-corrected chi connectivity index (χ0v) is 15.5. The fourth-order valence-electron chi connectivity index (χ4n) is 1.71. The highest BCUT2D eigenvalue weighted by molar-refractivity contribution is 4.76. The molecule has 0 spiro atoms. The molecule has 0 aromatic rings. The van der Waals surface area contributed by atoms with Crippen molar-refractivity contribution in [3.05, 3.63) is 50.5 Å². The Morgan fingerprint density at radius 1 is 0.926 bits per heavy atom. The average molecular weight is 391 g/mol. The molecule has 0 aliphatic carbocycles. The molecule has 0 amide bonds. The van der Waals surface area contributed by atoms with Crippen LogP contribution in [0.25, 0.3) is 0 Å². The lowest BCUT2D eigenvalue weighted by Gasteiger charge is -2.38. The summed E-state index contributed by atoms with van der Waals surface area (Å²) in [6, 6.07) is 0. The minimum absolute atomic E-state index is 0.0718. The molecule has 0 bridgehead atoms. The summed E-state index contributed by atoms with van der Waals surface area (Å²) < 4.78 is 10.3. The molecular weight excluding hydrogens is 362 g/mol. The van der Waals surface area contributed by atoms with E-state index in [-0.39, 0.29) is 13.2 Å². The summed E-state index contributed by atoms with van der Waals surface area (Å²) in [5.41, 5.74) is 0. The molecule has 1 rings (SSSR count). The molecular formula is C16H29N3O8. The summed E-state index contributed by atoms with van der Waals surface area (Å²) in [6.07, 6.45) is 8.23. The van der Waals surface area contributed by atoms with E-state index >= 15 is 0 Å². The van der Waals surface area contributed by atoms with Crippen molar-refractivity contribution < 1.29 is 39.4 Å². The van der Waals surface area contributed by atoms with Gasteiger partial charge in [-0.2, -0.15) is 5.06 Å². The van der Waals surface area contributed by atoms with Crippen molar-refractivity contribution in [2.45, 2.75) is 6.92 Å². The first-order valence-electron chi connectivity index (χ1n) is 8.07. The predicted octanol–water partition coefficient (Wildman–Crippen LogP) is 1.93. The van der Waals surface area contributed by atoms with Crippen LogP contribution < -0.4 is 0 Å². The normalized spacial score (nSPS) is 16.0. The number of ether oxygens (including phenoxy) is 2. The quantitative estimate of drug-likeness (QED) is 0.158. The van der Waals surface area contributed by atoms with Gasteiger partial charge in [-0.25, -0.2) is 4.89 Å². The van der Waals surface area contributed by atoms with E-state index in [0.29, 0.717) is 39.5 Å². The highest BCUT2D eigenvalue weighted by Crippen LogP contribution is 2.10. The van der Waals surface area contributed by atoms with E-state index in [4.69, 9.17) is 29.7 Å². The number of hydrogen-bond donors (Lipinski definition) is 2. The van der Waals surface area contributed by atoms with Gasteiger partial charge in [-0.05, 0) is 6.92 Å². The second-order valence-electron chi connectivity index (χ2n) is 4.60. The maximum atomic E-state index is 8.55. The van der Waals surface area contributed by atoms with Crippen LogP contribution in [0.1, 0.15) is 6.92 Å². The van der Waals surface area contributed by atoms with Crippen molar-refractivity contribution >= 4 is 0 Å². The second kappa shape index (κ2) is 18.5. The van der Waals surface area contributed by atoms with Crippen molar-refractivity contribution in [3.8, 4) is 0 Å². The first-order valence-corrected chi connectivity index (χ1v) is 8.07. The standard InChI is InChI=1S/C14H25N3O8.C2H4/c1-2-5-20-8-10-22-16-12-15(3-6-21-9-11-23-19)13-17(14-16)25-24-7-4-18;1-2/h2-7,18-19H,8-14H2,1H3;1-2H2/b5-2-,6-3+,7-4+;. The van der Waals surface area contributed by atoms with Crippen LogP contribution in [0.4, 0.5) is 0 Å². The highest BCUT2D eigenvalue weighted by Gasteiger charge is 2.24. The Balaban J connectivity index is 0.00000326. The van der Waals surface area contributed by atoms with Gasteiger partial charge in [0.1, 0.15) is 46.0 Å². The van der Waals surface area contributed by atoms with Crippen molar-refractivity contribution in [2.24, 2.45) is 0 Å². The van der Waals surface area contributed by atoms with Crippen LogP contribution >= 0.6 is 0 Å². The van der Waals surface area contributed by atoms with Gasteiger partial charge in [0.2, 0.25) is 0 Å². The lowest BCUT2D eigenvalue weighted by atomic mass is 10.6. The third kappa shape index (κ3) is 13.6. The lowest BCUT2D eigenvalue weighted by molar-refractivity contribution is -0.437. The third-order valence-corrected chi connectivity index (χ3v) is 2.63. The lowest BCUT2D eigenvalue weighted by Crippen LogP contribution is -2.52. The van der Waals surface area contributed by atoms with Crippen LogP contribution in [-0.2, 0) is 29.1 Å². The van der Waals surface area contributed by atoms with Gasteiger partial charge in [-0.1, -0.05) is 11.1 Å². The number of rotatable bonds is 13. The Hall–Kier alpha value is -2.28. The summed E-state index contributed by atoms with van der Waals surface area (Å²) in [7, 11) is 0. The fraction of sp³-hybridized carbons (Fsp3) is 0.500.